The van der Waals surface area contributed by atoms with Crippen molar-refractivity contribution in [3.05, 3.63) is 47.8 Å². The molecular weight excluding hydrogens is 300 g/mol. The summed E-state index contributed by atoms with van der Waals surface area (Å²) in [5.41, 5.74) is 2.37. The second-order valence-electron chi connectivity index (χ2n) is 7.06. The maximum absolute atomic E-state index is 12.8. The number of hydrogen-bond donors (Lipinski definition) is 0. The van der Waals surface area contributed by atoms with Crippen LogP contribution in [0.1, 0.15) is 42.3 Å². The van der Waals surface area contributed by atoms with E-state index in [2.05, 4.69) is 31.6 Å². The summed E-state index contributed by atoms with van der Waals surface area (Å²) in [5, 5.41) is 0. The van der Waals surface area contributed by atoms with E-state index in [1.165, 1.54) is 5.56 Å². The van der Waals surface area contributed by atoms with E-state index < -0.39 is 0 Å². The van der Waals surface area contributed by atoms with Crippen LogP contribution in [0.3, 0.4) is 0 Å². The first-order valence-corrected chi connectivity index (χ1v) is 8.92. The minimum atomic E-state index is 0.109. The van der Waals surface area contributed by atoms with Crippen LogP contribution in [0, 0.1) is 12.8 Å². The van der Waals surface area contributed by atoms with Gasteiger partial charge in [-0.2, -0.15) is 0 Å². The molecule has 2 aliphatic heterocycles. The Morgan fingerprint density at radius 2 is 1.96 bits per heavy atom. The monoisotopic (exact) mass is 324 g/mol. The van der Waals surface area contributed by atoms with Crippen molar-refractivity contribution in [3.8, 4) is 0 Å². The van der Waals surface area contributed by atoms with Crippen LogP contribution in [0.5, 0.6) is 0 Å². The summed E-state index contributed by atoms with van der Waals surface area (Å²) in [4.78, 5) is 23.7. The van der Waals surface area contributed by atoms with Crippen LogP contribution in [0.4, 0.5) is 0 Å². The lowest BCUT2D eigenvalue weighted by atomic mass is 9.89. The molecule has 0 saturated carbocycles. The minimum absolute atomic E-state index is 0.109. The van der Waals surface area contributed by atoms with Gasteiger partial charge in [-0.15, -0.1) is 0 Å². The van der Waals surface area contributed by atoms with Crippen LogP contribution in [0.15, 0.2) is 30.7 Å². The van der Waals surface area contributed by atoms with Gasteiger partial charge in [-0.3, -0.25) is 9.78 Å². The molecule has 1 atom stereocenters. The molecule has 24 heavy (non-hydrogen) atoms. The zero-order valence-corrected chi connectivity index (χ0v) is 14.2. The first-order chi connectivity index (χ1) is 11.7. The molecule has 0 aromatic carbocycles. The average Bonchev–Trinajstić information content (AvgIpc) is 3.09. The fourth-order valence-electron chi connectivity index (χ4n) is 3.97. The van der Waals surface area contributed by atoms with Crippen LogP contribution in [0.2, 0.25) is 0 Å². The lowest BCUT2D eigenvalue weighted by Gasteiger charge is -2.35. The van der Waals surface area contributed by atoms with E-state index >= 15 is 0 Å². The number of amides is 1. The SMILES string of the molecule is Cc1ccc(C2CCN(C(=O)C3CCn4ccnc4C3)CC2)cn1. The predicted molar refractivity (Wildman–Crippen MR) is 91.6 cm³/mol. The van der Waals surface area contributed by atoms with Crippen molar-refractivity contribution in [1.82, 2.24) is 19.4 Å². The maximum atomic E-state index is 12.8. The normalized spacial score (nSPS) is 21.5. The summed E-state index contributed by atoms with van der Waals surface area (Å²) in [6, 6.07) is 4.27. The van der Waals surface area contributed by atoms with Crippen LogP contribution in [-0.4, -0.2) is 38.4 Å². The molecular formula is C19H24N4O. The fraction of sp³-hybridized carbons (Fsp3) is 0.526. The second kappa shape index (κ2) is 6.38. The Bertz CT molecular complexity index is 713. The number of fused-ring (bicyclic) bond motifs is 1. The van der Waals surface area contributed by atoms with E-state index in [4.69, 9.17) is 0 Å². The summed E-state index contributed by atoms with van der Waals surface area (Å²) in [5.74, 6) is 2.02. The summed E-state index contributed by atoms with van der Waals surface area (Å²) < 4.78 is 2.17. The standard InChI is InChI=1S/C19H24N4O/c1-14-2-3-17(13-21-14)15-4-9-23(10-5-15)19(24)16-6-8-22-11-7-20-18(22)12-16/h2-3,7,11,13,15-16H,4-6,8-10,12H2,1H3. The molecule has 5 nitrogen and oxygen atoms in total. The molecule has 1 saturated heterocycles. The zero-order chi connectivity index (χ0) is 16.5. The quantitative estimate of drug-likeness (QED) is 0.853. The number of aryl methyl sites for hydroxylation is 2. The molecule has 0 spiro atoms. The van der Waals surface area contributed by atoms with Gasteiger partial charge in [0, 0.05) is 56.3 Å². The number of piperidine rings is 1. The molecule has 0 bridgehead atoms. The number of pyridine rings is 1. The van der Waals surface area contributed by atoms with Gasteiger partial charge in [0.15, 0.2) is 0 Å². The highest BCUT2D eigenvalue weighted by Crippen LogP contribution is 2.29. The number of imidazole rings is 1. The van der Waals surface area contributed by atoms with Crippen molar-refractivity contribution in [2.75, 3.05) is 13.1 Å². The van der Waals surface area contributed by atoms with Crippen molar-refractivity contribution in [3.63, 3.8) is 0 Å². The number of aromatic nitrogens is 3. The van der Waals surface area contributed by atoms with Gasteiger partial charge in [0.05, 0.1) is 0 Å². The predicted octanol–water partition coefficient (Wildman–Crippen LogP) is 2.56. The Balaban J connectivity index is 1.36. The third kappa shape index (κ3) is 2.95. The van der Waals surface area contributed by atoms with Crippen molar-refractivity contribution in [2.45, 2.75) is 45.1 Å². The van der Waals surface area contributed by atoms with Crippen molar-refractivity contribution in [2.24, 2.45) is 5.92 Å². The minimum Gasteiger partial charge on any atom is -0.342 e. The molecule has 2 aromatic heterocycles. The molecule has 2 aliphatic rings. The number of rotatable bonds is 2. The van der Waals surface area contributed by atoms with E-state index in [0.29, 0.717) is 11.8 Å². The van der Waals surface area contributed by atoms with Crippen molar-refractivity contribution < 1.29 is 4.79 Å². The van der Waals surface area contributed by atoms with Crippen LogP contribution in [0.25, 0.3) is 0 Å². The third-order valence-corrected chi connectivity index (χ3v) is 5.51. The number of carbonyl (C=O) groups is 1. The first-order valence-electron chi connectivity index (χ1n) is 8.92. The highest BCUT2D eigenvalue weighted by Gasteiger charge is 2.31. The number of carbonyl (C=O) groups excluding carboxylic acids is 1. The average molecular weight is 324 g/mol. The van der Waals surface area contributed by atoms with Crippen LogP contribution >= 0.6 is 0 Å². The van der Waals surface area contributed by atoms with E-state index in [-0.39, 0.29) is 5.92 Å². The fourth-order valence-corrected chi connectivity index (χ4v) is 3.97. The molecule has 4 heterocycles. The van der Waals surface area contributed by atoms with Crippen molar-refractivity contribution >= 4 is 5.91 Å². The lowest BCUT2D eigenvalue weighted by molar-refractivity contribution is -0.137. The van der Waals surface area contributed by atoms with Gasteiger partial charge < -0.3 is 9.47 Å². The summed E-state index contributed by atoms with van der Waals surface area (Å²) in [6.07, 6.45) is 9.65. The molecule has 5 heteroatoms. The smallest absolute Gasteiger partial charge is 0.226 e. The van der Waals surface area contributed by atoms with Crippen LogP contribution in [-0.2, 0) is 17.8 Å². The number of hydrogen-bond acceptors (Lipinski definition) is 3. The molecule has 0 N–H and O–H groups in total. The molecule has 1 amide bonds. The molecule has 1 fully saturated rings. The number of likely N-dealkylation sites (tertiary alicyclic amines) is 1. The Morgan fingerprint density at radius 1 is 1.12 bits per heavy atom. The molecule has 0 aliphatic carbocycles. The largest absolute Gasteiger partial charge is 0.342 e. The highest BCUT2D eigenvalue weighted by molar-refractivity contribution is 5.79. The zero-order valence-electron chi connectivity index (χ0n) is 14.2. The maximum Gasteiger partial charge on any atom is 0.226 e. The van der Waals surface area contributed by atoms with Gasteiger partial charge in [-0.05, 0) is 43.7 Å². The first kappa shape index (κ1) is 15.4. The second-order valence-corrected chi connectivity index (χ2v) is 7.06. The van der Waals surface area contributed by atoms with Crippen molar-refractivity contribution in [1.29, 1.82) is 0 Å². The Morgan fingerprint density at radius 3 is 2.71 bits per heavy atom. The Hall–Kier alpha value is -2.17. The Labute approximate surface area is 142 Å². The molecule has 2 aromatic rings. The summed E-state index contributed by atoms with van der Waals surface area (Å²) >= 11 is 0. The molecule has 4 rings (SSSR count). The van der Waals surface area contributed by atoms with Gasteiger partial charge >= 0.3 is 0 Å². The molecule has 126 valence electrons. The third-order valence-electron chi connectivity index (χ3n) is 5.51. The topological polar surface area (TPSA) is 51.0 Å². The number of nitrogens with zero attached hydrogens (tertiary/aromatic N) is 4. The summed E-state index contributed by atoms with van der Waals surface area (Å²) in [7, 11) is 0. The Kier molecular flexibility index (Phi) is 4.08. The van der Waals surface area contributed by atoms with Gasteiger partial charge in [-0.1, -0.05) is 6.07 Å². The van der Waals surface area contributed by atoms with Crippen LogP contribution < -0.4 is 0 Å². The van der Waals surface area contributed by atoms with Gasteiger partial charge in [0.2, 0.25) is 5.91 Å². The van der Waals surface area contributed by atoms with E-state index in [9.17, 15) is 4.79 Å². The molecule has 0 radical (unpaired) electrons. The van der Waals surface area contributed by atoms with Gasteiger partial charge in [-0.25, -0.2) is 4.98 Å². The molecule has 1 unspecified atom stereocenters. The van der Waals surface area contributed by atoms with E-state index in [1.807, 2.05) is 25.5 Å². The van der Waals surface area contributed by atoms with E-state index in [1.54, 1.807) is 0 Å². The highest BCUT2D eigenvalue weighted by atomic mass is 16.2. The summed E-state index contributed by atoms with van der Waals surface area (Å²) in [6.45, 7) is 4.66. The van der Waals surface area contributed by atoms with Gasteiger partial charge in [0.1, 0.15) is 5.82 Å². The lowest BCUT2D eigenvalue weighted by Crippen LogP contribution is -2.43. The van der Waals surface area contributed by atoms with Gasteiger partial charge in [0.25, 0.3) is 0 Å². The van der Waals surface area contributed by atoms with E-state index in [0.717, 1.165) is 56.8 Å².